The maximum absolute atomic E-state index is 12.4. The van der Waals surface area contributed by atoms with Crippen molar-refractivity contribution in [3.05, 3.63) is 4.88 Å². The van der Waals surface area contributed by atoms with Crippen LogP contribution in [0.25, 0.3) is 0 Å². The van der Waals surface area contributed by atoms with E-state index in [1.54, 1.807) is 0 Å². The summed E-state index contributed by atoms with van der Waals surface area (Å²) in [7, 11) is 0. The molecule has 20 heavy (non-hydrogen) atoms. The Labute approximate surface area is 123 Å². The molecule has 1 aromatic rings. The molecule has 2 fully saturated rings. The molecule has 1 amide bonds. The fourth-order valence-electron chi connectivity index (χ4n) is 2.78. The zero-order chi connectivity index (χ0) is 14.3. The number of nitrogens with two attached hydrogens (primary N) is 1. The Morgan fingerprint density at radius 2 is 2.15 bits per heavy atom. The van der Waals surface area contributed by atoms with Crippen LogP contribution in [-0.4, -0.2) is 23.0 Å². The fraction of sp³-hybridized carbons (Fsp3) is 0.714. The Hall–Kier alpha value is -1.30. The highest BCUT2D eigenvalue weighted by molar-refractivity contribution is 7.18. The molecule has 1 atom stereocenters. The molecule has 110 valence electrons. The summed E-state index contributed by atoms with van der Waals surface area (Å²) < 4.78 is 0. The smallest absolute Gasteiger partial charge is 0.265 e. The van der Waals surface area contributed by atoms with E-state index in [0.717, 1.165) is 18.0 Å². The third-order valence-corrected chi connectivity index (χ3v) is 5.33. The number of carbonyl (C=O) groups is 1. The van der Waals surface area contributed by atoms with Crippen LogP contribution in [0.5, 0.6) is 0 Å². The number of hydrogen-bond donors (Lipinski definition) is 3. The second kappa shape index (κ2) is 4.91. The summed E-state index contributed by atoms with van der Waals surface area (Å²) in [6.45, 7) is 4.42. The number of anilines is 2. The second-order valence-corrected chi connectivity index (χ2v) is 7.56. The fourth-order valence-corrected chi connectivity index (χ4v) is 3.64. The lowest BCUT2D eigenvalue weighted by Crippen LogP contribution is -2.41. The topological polar surface area (TPSA) is 80.0 Å². The summed E-state index contributed by atoms with van der Waals surface area (Å²) in [6.07, 6.45) is 5.73. The summed E-state index contributed by atoms with van der Waals surface area (Å²) in [5.41, 5.74) is 6.05. The van der Waals surface area contributed by atoms with Crippen LogP contribution in [0.1, 0.15) is 55.6 Å². The first-order valence-corrected chi connectivity index (χ1v) is 8.11. The van der Waals surface area contributed by atoms with E-state index in [2.05, 4.69) is 29.5 Å². The van der Waals surface area contributed by atoms with Crippen LogP contribution in [-0.2, 0) is 0 Å². The van der Waals surface area contributed by atoms with Gasteiger partial charge in [0.25, 0.3) is 5.91 Å². The molecule has 6 heteroatoms. The van der Waals surface area contributed by atoms with E-state index < -0.39 is 0 Å². The van der Waals surface area contributed by atoms with Crippen LogP contribution in [0.15, 0.2) is 0 Å². The number of carbonyl (C=O) groups excluding carboxylic acids is 1. The van der Waals surface area contributed by atoms with Gasteiger partial charge in [-0.1, -0.05) is 31.6 Å². The molecule has 0 bridgehead atoms. The van der Waals surface area contributed by atoms with Gasteiger partial charge in [-0.15, -0.1) is 0 Å². The van der Waals surface area contributed by atoms with E-state index in [-0.39, 0.29) is 17.4 Å². The number of amides is 1. The lowest BCUT2D eigenvalue weighted by atomic mass is 9.87. The molecule has 4 N–H and O–H groups in total. The molecular weight excluding hydrogens is 272 g/mol. The Morgan fingerprint density at radius 3 is 2.75 bits per heavy atom. The Balaban J connectivity index is 1.68. The van der Waals surface area contributed by atoms with Crippen LogP contribution in [0, 0.1) is 5.41 Å². The van der Waals surface area contributed by atoms with Crippen molar-refractivity contribution in [3.8, 4) is 0 Å². The van der Waals surface area contributed by atoms with Gasteiger partial charge in [-0.3, -0.25) is 4.79 Å². The minimum Gasteiger partial charge on any atom is -0.382 e. The van der Waals surface area contributed by atoms with Crippen LogP contribution >= 0.6 is 11.3 Å². The molecule has 0 saturated heterocycles. The second-order valence-electron chi connectivity index (χ2n) is 6.56. The molecule has 2 aliphatic carbocycles. The average molecular weight is 294 g/mol. The van der Waals surface area contributed by atoms with Crippen molar-refractivity contribution >= 4 is 28.2 Å². The maximum atomic E-state index is 12.4. The highest BCUT2D eigenvalue weighted by atomic mass is 32.1. The normalized spacial score (nSPS) is 24.6. The third-order valence-electron chi connectivity index (χ3n) is 4.33. The summed E-state index contributed by atoms with van der Waals surface area (Å²) in [4.78, 5) is 17.2. The average Bonchev–Trinajstić information content (AvgIpc) is 3.01. The summed E-state index contributed by atoms with van der Waals surface area (Å²) in [5, 5.41) is 7.19. The van der Waals surface area contributed by atoms with Gasteiger partial charge in [0.2, 0.25) is 0 Å². The van der Waals surface area contributed by atoms with Gasteiger partial charge in [0.05, 0.1) is 0 Å². The predicted molar refractivity (Wildman–Crippen MR) is 82.1 cm³/mol. The minimum atomic E-state index is -0.0798. The van der Waals surface area contributed by atoms with Crippen molar-refractivity contribution in [1.29, 1.82) is 0 Å². The molecule has 0 spiro atoms. The molecule has 2 aliphatic rings. The van der Waals surface area contributed by atoms with E-state index in [9.17, 15) is 4.79 Å². The molecule has 1 aromatic heterocycles. The first-order valence-electron chi connectivity index (χ1n) is 7.29. The quantitative estimate of drug-likeness (QED) is 0.797. The van der Waals surface area contributed by atoms with Gasteiger partial charge in [0.1, 0.15) is 10.7 Å². The van der Waals surface area contributed by atoms with E-state index in [4.69, 9.17) is 5.73 Å². The molecule has 1 heterocycles. The van der Waals surface area contributed by atoms with E-state index in [1.807, 2.05) is 0 Å². The zero-order valence-electron chi connectivity index (χ0n) is 12.0. The number of nitrogens with one attached hydrogen (secondary N) is 2. The third kappa shape index (κ3) is 2.75. The number of rotatable bonds is 4. The van der Waals surface area contributed by atoms with Gasteiger partial charge in [-0.25, -0.2) is 4.98 Å². The van der Waals surface area contributed by atoms with Gasteiger partial charge >= 0.3 is 0 Å². The van der Waals surface area contributed by atoms with Crippen LogP contribution in [0.2, 0.25) is 0 Å². The highest BCUT2D eigenvalue weighted by Crippen LogP contribution is 2.38. The predicted octanol–water partition coefficient (Wildman–Crippen LogP) is 2.61. The van der Waals surface area contributed by atoms with E-state index >= 15 is 0 Å². The van der Waals surface area contributed by atoms with Crippen molar-refractivity contribution in [2.75, 3.05) is 11.1 Å². The standard InChI is InChI=1S/C14H22N4OS/c1-14(2)7-3-4-9(14)17-12(19)10-11(15)18-13(20-10)16-8-5-6-8/h8-9H,3-7,15H2,1-2H3,(H,16,18)(H,17,19). The molecule has 0 aliphatic heterocycles. The van der Waals surface area contributed by atoms with Crippen molar-refractivity contribution in [2.45, 2.75) is 58.0 Å². The Bertz CT molecular complexity index is 521. The molecule has 2 saturated carbocycles. The van der Waals surface area contributed by atoms with Crippen LogP contribution in [0.3, 0.4) is 0 Å². The van der Waals surface area contributed by atoms with Crippen LogP contribution in [0.4, 0.5) is 10.9 Å². The van der Waals surface area contributed by atoms with Gasteiger partial charge in [0, 0.05) is 12.1 Å². The molecule has 0 radical (unpaired) electrons. The summed E-state index contributed by atoms with van der Waals surface area (Å²) >= 11 is 1.36. The SMILES string of the molecule is CC1(C)CCCC1NC(=O)c1sc(NC2CC2)nc1N. The van der Waals surface area contributed by atoms with Crippen molar-refractivity contribution in [2.24, 2.45) is 5.41 Å². The first kappa shape index (κ1) is 13.7. The van der Waals surface area contributed by atoms with Crippen LogP contribution < -0.4 is 16.4 Å². The van der Waals surface area contributed by atoms with Gasteiger partial charge in [0.15, 0.2) is 5.13 Å². The van der Waals surface area contributed by atoms with Crippen molar-refractivity contribution in [3.63, 3.8) is 0 Å². The monoisotopic (exact) mass is 294 g/mol. The zero-order valence-corrected chi connectivity index (χ0v) is 12.8. The molecule has 0 aromatic carbocycles. The molecule has 3 rings (SSSR count). The number of thiazole rings is 1. The molecule has 5 nitrogen and oxygen atoms in total. The highest BCUT2D eigenvalue weighted by Gasteiger charge is 2.36. The van der Waals surface area contributed by atoms with Gasteiger partial charge < -0.3 is 16.4 Å². The van der Waals surface area contributed by atoms with Crippen molar-refractivity contribution < 1.29 is 4.79 Å². The first-order chi connectivity index (χ1) is 9.45. The van der Waals surface area contributed by atoms with Gasteiger partial charge in [-0.2, -0.15) is 0 Å². The molecule has 1 unspecified atom stereocenters. The Kier molecular flexibility index (Phi) is 3.36. The Morgan fingerprint density at radius 1 is 1.40 bits per heavy atom. The van der Waals surface area contributed by atoms with Gasteiger partial charge in [-0.05, 0) is 31.1 Å². The number of nitrogen functional groups attached to an aromatic ring is 1. The number of hydrogen-bond acceptors (Lipinski definition) is 5. The lowest BCUT2D eigenvalue weighted by molar-refractivity contribution is 0.0915. The largest absolute Gasteiger partial charge is 0.382 e. The van der Waals surface area contributed by atoms with Crippen molar-refractivity contribution in [1.82, 2.24) is 10.3 Å². The van der Waals surface area contributed by atoms with E-state index in [1.165, 1.54) is 30.6 Å². The number of nitrogens with zero attached hydrogens (tertiary/aromatic N) is 1. The summed E-state index contributed by atoms with van der Waals surface area (Å²) in [6, 6.07) is 0.751. The maximum Gasteiger partial charge on any atom is 0.265 e. The molecular formula is C14H22N4OS. The lowest BCUT2D eigenvalue weighted by Gasteiger charge is -2.27. The number of aromatic nitrogens is 1. The van der Waals surface area contributed by atoms with E-state index in [0.29, 0.717) is 16.7 Å². The summed E-state index contributed by atoms with van der Waals surface area (Å²) in [5.74, 6) is 0.260. The minimum absolute atomic E-state index is 0.0798.